The maximum absolute atomic E-state index is 9.03. The molecule has 9 aromatic rings. The lowest BCUT2D eigenvalue weighted by Crippen LogP contribution is -1.98. The Labute approximate surface area is 267 Å². The van der Waals surface area contributed by atoms with E-state index in [0.29, 0.717) is 5.56 Å². The van der Waals surface area contributed by atoms with Crippen LogP contribution in [0, 0.1) is 0 Å². The quantitative estimate of drug-likeness (QED) is 0.147. The molecular formula is C44H26O. The van der Waals surface area contributed by atoms with E-state index in [4.69, 9.17) is 11.6 Å². The summed E-state index contributed by atoms with van der Waals surface area (Å²) in [7, 11) is 0. The summed E-state index contributed by atoms with van der Waals surface area (Å²) in [6.07, 6.45) is 0. The molecular weight excluding hydrogens is 544 g/mol. The van der Waals surface area contributed by atoms with Crippen LogP contribution in [0.3, 0.4) is 0 Å². The lowest BCUT2D eigenvalue weighted by Gasteiger charge is -2.23. The first-order chi connectivity index (χ1) is 24.4. The molecule has 45 heavy (non-hydrogen) atoms. The van der Waals surface area contributed by atoms with Crippen LogP contribution in [-0.2, 0) is 0 Å². The molecule has 0 amide bonds. The Bertz CT molecular complexity index is 2940. The van der Waals surface area contributed by atoms with Gasteiger partial charge in [-0.15, -0.1) is 0 Å². The molecule has 0 unspecified atom stereocenters. The van der Waals surface area contributed by atoms with Crippen LogP contribution in [0.25, 0.3) is 87.2 Å². The zero-order valence-corrected chi connectivity index (χ0v) is 24.0. The van der Waals surface area contributed by atoms with Gasteiger partial charge in [0.1, 0.15) is 11.5 Å². The minimum atomic E-state index is -0.403. The first kappa shape index (κ1) is 20.1. The molecule has 10 rings (SSSR count). The summed E-state index contributed by atoms with van der Waals surface area (Å²) < 4.78 is 50.0. The van der Waals surface area contributed by atoms with Crippen molar-refractivity contribution in [1.29, 1.82) is 0 Å². The van der Waals surface area contributed by atoms with E-state index < -0.39 is 6.04 Å². The van der Waals surface area contributed by atoms with Crippen LogP contribution in [0.15, 0.2) is 158 Å². The Morgan fingerprint density at radius 1 is 0.400 bits per heavy atom. The molecule has 0 saturated carbocycles. The second-order valence-corrected chi connectivity index (χ2v) is 11.7. The summed E-state index contributed by atoms with van der Waals surface area (Å²) in [4.78, 5) is 0. The van der Waals surface area contributed by atoms with Crippen LogP contribution >= 0.6 is 0 Å². The third-order valence-corrected chi connectivity index (χ3v) is 9.27. The average molecular weight is 576 g/mol. The van der Waals surface area contributed by atoms with Crippen LogP contribution in [-0.4, -0.2) is 0 Å². The molecule has 0 bridgehead atoms. The molecule has 0 fully saturated rings. The second-order valence-electron chi connectivity index (χ2n) is 11.7. The molecule has 0 aromatic heterocycles. The molecule has 208 valence electrons. The number of benzene rings is 9. The van der Waals surface area contributed by atoms with E-state index in [-0.39, 0.29) is 29.7 Å². The average Bonchev–Trinajstić information content (AvgIpc) is 3.15. The third-order valence-electron chi connectivity index (χ3n) is 9.27. The van der Waals surface area contributed by atoms with Gasteiger partial charge >= 0.3 is 0 Å². The van der Waals surface area contributed by atoms with Crippen LogP contribution in [0.4, 0.5) is 0 Å². The predicted octanol–water partition coefficient (Wildman–Crippen LogP) is 12.6. The normalized spacial score (nSPS) is 13.7. The van der Waals surface area contributed by atoms with Crippen molar-refractivity contribution in [3.05, 3.63) is 158 Å². The highest BCUT2D eigenvalue weighted by Gasteiger charge is 2.22. The summed E-state index contributed by atoms with van der Waals surface area (Å²) in [6, 6.07) is 42.2. The van der Waals surface area contributed by atoms with Gasteiger partial charge in [-0.3, -0.25) is 0 Å². The summed E-state index contributed by atoms with van der Waals surface area (Å²) in [5.74, 6) is 1.64. The molecule has 0 N–H and O–H groups in total. The fourth-order valence-electron chi connectivity index (χ4n) is 7.26. The van der Waals surface area contributed by atoms with E-state index in [1.165, 1.54) is 5.39 Å². The Kier molecular flexibility index (Phi) is 4.15. The molecule has 0 saturated heterocycles. The van der Waals surface area contributed by atoms with Gasteiger partial charge < -0.3 is 4.74 Å². The van der Waals surface area contributed by atoms with Gasteiger partial charge in [-0.1, -0.05) is 127 Å². The fourth-order valence-corrected chi connectivity index (χ4v) is 7.26. The zero-order valence-electron chi connectivity index (χ0n) is 29.0. The molecule has 1 heteroatoms. The summed E-state index contributed by atoms with van der Waals surface area (Å²) >= 11 is 0. The van der Waals surface area contributed by atoms with Crippen molar-refractivity contribution in [3.8, 4) is 44.9 Å². The van der Waals surface area contributed by atoms with Gasteiger partial charge in [0.2, 0.25) is 0 Å². The molecule has 1 heterocycles. The molecule has 0 radical (unpaired) electrons. The van der Waals surface area contributed by atoms with Gasteiger partial charge in [-0.25, -0.2) is 0 Å². The molecule has 1 nitrogen and oxygen atoms in total. The van der Waals surface area contributed by atoms with E-state index in [1.54, 1.807) is 0 Å². The highest BCUT2D eigenvalue weighted by molar-refractivity contribution is 6.22. The van der Waals surface area contributed by atoms with Crippen molar-refractivity contribution >= 4 is 53.9 Å². The zero-order chi connectivity index (χ0) is 33.8. The highest BCUT2D eigenvalue weighted by Crippen LogP contribution is 2.50. The Balaban J connectivity index is 1.26. The van der Waals surface area contributed by atoms with E-state index in [0.717, 1.165) is 82.2 Å². The van der Waals surface area contributed by atoms with E-state index in [2.05, 4.69) is 91.0 Å². The third kappa shape index (κ3) is 3.62. The lowest BCUT2D eigenvalue weighted by molar-refractivity contribution is 0.488. The number of rotatable bonds is 2. The van der Waals surface area contributed by atoms with Crippen LogP contribution in [0.2, 0.25) is 0 Å². The van der Waals surface area contributed by atoms with E-state index in [9.17, 15) is 0 Å². The van der Waals surface area contributed by atoms with Crippen LogP contribution in [0.1, 0.15) is 6.85 Å². The minimum Gasteiger partial charge on any atom is -0.456 e. The molecule has 0 aliphatic carbocycles. The lowest BCUT2D eigenvalue weighted by atomic mass is 9.87. The SMILES string of the molecule is [2H]c1c([2H])c([2H])c(-c2c3cc(-c4ccc5c(c4)-c4cccc6c4c(cc4ccccc46)O5)ccc3cc3ccc4ccccc4c23)c([2H])c1[2H]. The number of hydrogen-bond acceptors (Lipinski definition) is 1. The maximum Gasteiger partial charge on any atom is 0.136 e. The summed E-state index contributed by atoms with van der Waals surface area (Å²) in [6.45, 7) is 0. The molecule has 1 aliphatic heterocycles. The number of ether oxygens (including phenoxy) is 1. The largest absolute Gasteiger partial charge is 0.456 e. The molecule has 0 atom stereocenters. The predicted molar refractivity (Wildman–Crippen MR) is 190 cm³/mol. The summed E-state index contributed by atoms with van der Waals surface area (Å²) in [5, 5.41) is 10.1. The standard InChI is InChI=1S/C44H26O/c1-2-10-28(11-3-1)42-38-24-29(18-19-32(38)23-33-20-17-27-9-4-7-14-35(27)43(33)42)30-21-22-40-39(25-30)37-16-8-15-36-34-13-6-5-12-31(34)26-41(45-40)44(36)37/h1-26H/i1D,2D,3D,10D,11D. The van der Waals surface area contributed by atoms with Crippen molar-refractivity contribution in [2.75, 3.05) is 0 Å². The molecule has 1 aliphatic rings. The summed E-state index contributed by atoms with van der Waals surface area (Å²) in [5.41, 5.74) is 4.90. The van der Waals surface area contributed by atoms with Crippen LogP contribution in [0.5, 0.6) is 11.5 Å². The van der Waals surface area contributed by atoms with Gasteiger partial charge in [0, 0.05) is 10.9 Å². The second kappa shape index (κ2) is 9.29. The van der Waals surface area contributed by atoms with E-state index >= 15 is 0 Å². The van der Waals surface area contributed by atoms with Crippen molar-refractivity contribution in [1.82, 2.24) is 0 Å². The topological polar surface area (TPSA) is 9.23 Å². The van der Waals surface area contributed by atoms with Gasteiger partial charge in [0.15, 0.2) is 0 Å². The van der Waals surface area contributed by atoms with Crippen molar-refractivity contribution in [2.45, 2.75) is 0 Å². The number of fused-ring (bicyclic) bond motifs is 8. The Hall–Kier alpha value is -5.92. The van der Waals surface area contributed by atoms with Gasteiger partial charge in [-0.05, 0) is 107 Å². The smallest absolute Gasteiger partial charge is 0.136 e. The first-order valence-corrected chi connectivity index (χ1v) is 15.1. The Morgan fingerprint density at radius 3 is 2.02 bits per heavy atom. The van der Waals surface area contributed by atoms with Gasteiger partial charge in [0.05, 0.1) is 6.85 Å². The van der Waals surface area contributed by atoms with Gasteiger partial charge in [-0.2, -0.15) is 0 Å². The minimum absolute atomic E-state index is 0.203. The fraction of sp³-hybridized carbons (Fsp3) is 0. The van der Waals surface area contributed by atoms with Crippen molar-refractivity contribution < 1.29 is 11.6 Å². The van der Waals surface area contributed by atoms with Gasteiger partial charge in [0.25, 0.3) is 0 Å². The first-order valence-electron chi connectivity index (χ1n) is 17.6. The van der Waals surface area contributed by atoms with E-state index in [1.807, 2.05) is 36.4 Å². The molecule has 0 spiro atoms. The highest BCUT2D eigenvalue weighted by atomic mass is 16.5. The number of hydrogen-bond donors (Lipinski definition) is 0. The van der Waals surface area contributed by atoms with Crippen molar-refractivity contribution in [3.63, 3.8) is 0 Å². The molecule has 9 aromatic carbocycles. The maximum atomic E-state index is 9.03. The monoisotopic (exact) mass is 575 g/mol. The Morgan fingerprint density at radius 2 is 1.11 bits per heavy atom. The van der Waals surface area contributed by atoms with Crippen LogP contribution < -0.4 is 4.74 Å². The van der Waals surface area contributed by atoms with Crippen molar-refractivity contribution in [2.24, 2.45) is 0 Å².